The van der Waals surface area contributed by atoms with Crippen LogP contribution in [0.5, 0.6) is 0 Å². The number of hydrogen-bond donors (Lipinski definition) is 1. The summed E-state index contributed by atoms with van der Waals surface area (Å²) in [5.41, 5.74) is 0.172. The van der Waals surface area contributed by atoms with Crippen LogP contribution in [-0.4, -0.2) is 15.2 Å². The molecule has 4 bridgehead atoms. The fourth-order valence-corrected chi connectivity index (χ4v) is 5.00. The van der Waals surface area contributed by atoms with Crippen molar-refractivity contribution in [2.75, 3.05) is 0 Å². The molecule has 4 heteroatoms. The molecule has 98 valence electrons. The molecule has 0 saturated heterocycles. The first kappa shape index (κ1) is 11.0. The minimum Gasteiger partial charge on any atom is -0.384 e. The van der Waals surface area contributed by atoms with Gasteiger partial charge in [0.15, 0.2) is 5.82 Å². The van der Waals surface area contributed by atoms with Crippen LogP contribution in [0.1, 0.15) is 63.3 Å². The van der Waals surface area contributed by atoms with Crippen LogP contribution in [0, 0.1) is 17.8 Å². The second-order valence-electron chi connectivity index (χ2n) is 6.83. The van der Waals surface area contributed by atoms with Gasteiger partial charge in [0.1, 0.15) is 6.10 Å². The minimum atomic E-state index is -0.653. The molecule has 0 radical (unpaired) electrons. The highest BCUT2D eigenvalue weighted by atomic mass is 16.5. The number of aromatic nitrogens is 2. The minimum absolute atomic E-state index is 0.172. The highest BCUT2D eigenvalue weighted by Crippen LogP contribution is 2.60. The standard InChI is InChI=1S/C14H20N2O2/c1-8(17)12-15-13(16-18-12)14-5-9-2-10(6-14)4-11(3-9)7-14/h8-11,17H,2-7H2,1H3. The van der Waals surface area contributed by atoms with E-state index in [0.717, 1.165) is 23.6 Å². The third kappa shape index (κ3) is 1.48. The van der Waals surface area contributed by atoms with Gasteiger partial charge >= 0.3 is 0 Å². The zero-order valence-corrected chi connectivity index (χ0v) is 10.8. The lowest BCUT2D eigenvalue weighted by atomic mass is 9.49. The summed E-state index contributed by atoms with van der Waals surface area (Å²) >= 11 is 0. The summed E-state index contributed by atoms with van der Waals surface area (Å²) in [5, 5.41) is 13.7. The van der Waals surface area contributed by atoms with Gasteiger partial charge in [-0.1, -0.05) is 5.16 Å². The smallest absolute Gasteiger partial charge is 0.255 e. The average Bonchev–Trinajstić information content (AvgIpc) is 2.76. The molecule has 4 aliphatic carbocycles. The van der Waals surface area contributed by atoms with Gasteiger partial charge in [0.2, 0.25) is 0 Å². The lowest BCUT2D eigenvalue weighted by Crippen LogP contribution is -2.49. The van der Waals surface area contributed by atoms with E-state index in [0.29, 0.717) is 5.89 Å². The Balaban J connectivity index is 1.70. The molecule has 1 heterocycles. The van der Waals surface area contributed by atoms with Gasteiger partial charge in [-0.15, -0.1) is 0 Å². The molecule has 4 saturated carbocycles. The van der Waals surface area contributed by atoms with E-state index in [1.807, 2.05) is 0 Å². The topological polar surface area (TPSA) is 59.2 Å². The van der Waals surface area contributed by atoms with E-state index in [2.05, 4.69) is 10.1 Å². The van der Waals surface area contributed by atoms with Gasteiger partial charge < -0.3 is 9.63 Å². The normalized spacial score (nSPS) is 43.3. The van der Waals surface area contributed by atoms with E-state index in [4.69, 9.17) is 4.52 Å². The molecular formula is C14H20N2O2. The lowest BCUT2D eigenvalue weighted by molar-refractivity contribution is -0.0103. The molecule has 18 heavy (non-hydrogen) atoms. The van der Waals surface area contributed by atoms with Gasteiger partial charge in [-0.3, -0.25) is 0 Å². The lowest BCUT2D eigenvalue weighted by Gasteiger charge is -2.55. The molecule has 1 aromatic heterocycles. The van der Waals surface area contributed by atoms with Crippen LogP contribution in [0.15, 0.2) is 4.52 Å². The second kappa shape index (κ2) is 3.56. The Morgan fingerprint density at radius 3 is 2.17 bits per heavy atom. The van der Waals surface area contributed by atoms with Crippen molar-refractivity contribution in [3.8, 4) is 0 Å². The fourth-order valence-electron chi connectivity index (χ4n) is 5.00. The molecule has 1 N–H and O–H groups in total. The SMILES string of the molecule is CC(O)c1nc(C23CC4CC(CC(C4)C2)C3)no1. The quantitative estimate of drug-likeness (QED) is 0.874. The summed E-state index contributed by atoms with van der Waals surface area (Å²) in [6.45, 7) is 1.68. The zero-order valence-electron chi connectivity index (χ0n) is 10.8. The van der Waals surface area contributed by atoms with Crippen LogP contribution < -0.4 is 0 Å². The summed E-state index contributed by atoms with van der Waals surface area (Å²) in [5.74, 6) is 3.89. The molecule has 4 aliphatic rings. The Labute approximate surface area is 107 Å². The first-order valence-electron chi connectivity index (χ1n) is 7.17. The Kier molecular flexibility index (Phi) is 2.17. The monoisotopic (exact) mass is 248 g/mol. The molecule has 1 unspecified atom stereocenters. The second-order valence-corrected chi connectivity index (χ2v) is 6.83. The van der Waals surface area contributed by atoms with Crippen molar-refractivity contribution in [2.45, 2.75) is 57.0 Å². The van der Waals surface area contributed by atoms with Gasteiger partial charge in [-0.2, -0.15) is 4.98 Å². The molecule has 1 aromatic rings. The Bertz CT molecular complexity index is 431. The van der Waals surface area contributed by atoms with Crippen molar-refractivity contribution in [3.63, 3.8) is 0 Å². The van der Waals surface area contributed by atoms with Gasteiger partial charge in [-0.25, -0.2) is 0 Å². The molecule has 0 aliphatic heterocycles. The van der Waals surface area contributed by atoms with Crippen LogP contribution in [0.2, 0.25) is 0 Å². The molecule has 4 nitrogen and oxygen atoms in total. The van der Waals surface area contributed by atoms with Crippen LogP contribution in [-0.2, 0) is 5.41 Å². The Morgan fingerprint density at radius 1 is 1.17 bits per heavy atom. The van der Waals surface area contributed by atoms with Gasteiger partial charge in [-0.05, 0) is 63.2 Å². The van der Waals surface area contributed by atoms with E-state index in [9.17, 15) is 5.11 Å². The van der Waals surface area contributed by atoms with Gasteiger partial charge in [0, 0.05) is 5.41 Å². The molecule has 0 amide bonds. The van der Waals surface area contributed by atoms with Crippen LogP contribution in [0.25, 0.3) is 0 Å². The maximum absolute atomic E-state index is 9.52. The fraction of sp³-hybridized carbons (Fsp3) is 0.857. The zero-order chi connectivity index (χ0) is 12.3. The maximum atomic E-state index is 9.52. The summed E-state index contributed by atoms with van der Waals surface area (Å²) in [7, 11) is 0. The number of aliphatic hydroxyl groups is 1. The maximum Gasteiger partial charge on any atom is 0.255 e. The van der Waals surface area contributed by atoms with E-state index < -0.39 is 6.10 Å². The van der Waals surface area contributed by atoms with Gasteiger partial charge in [0.25, 0.3) is 5.89 Å². The van der Waals surface area contributed by atoms with Crippen molar-refractivity contribution in [2.24, 2.45) is 17.8 Å². The number of rotatable bonds is 2. The van der Waals surface area contributed by atoms with E-state index >= 15 is 0 Å². The third-order valence-electron chi connectivity index (χ3n) is 5.31. The van der Waals surface area contributed by atoms with E-state index in [-0.39, 0.29) is 5.41 Å². The van der Waals surface area contributed by atoms with E-state index in [1.54, 1.807) is 6.92 Å². The summed E-state index contributed by atoms with van der Waals surface area (Å²) < 4.78 is 5.20. The average molecular weight is 248 g/mol. The number of nitrogens with zero attached hydrogens (tertiary/aromatic N) is 2. The van der Waals surface area contributed by atoms with Crippen LogP contribution in [0.4, 0.5) is 0 Å². The highest BCUT2D eigenvalue weighted by Gasteiger charge is 2.53. The summed E-state index contributed by atoms with van der Waals surface area (Å²) in [6.07, 6.45) is 7.30. The highest BCUT2D eigenvalue weighted by molar-refractivity contribution is 5.16. The number of hydrogen-bond acceptors (Lipinski definition) is 4. The van der Waals surface area contributed by atoms with Crippen molar-refractivity contribution in [1.82, 2.24) is 10.1 Å². The van der Waals surface area contributed by atoms with Crippen LogP contribution in [0.3, 0.4) is 0 Å². The van der Waals surface area contributed by atoms with Crippen molar-refractivity contribution in [1.29, 1.82) is 0 Å². The first-order chi connectivity index (χ1) is 8.64. The Morgan fingerprint density at radius 2 is 1.72 bits per heavy atom. The predicted molar refractivity (Wildman–Crippen MR) is 64.8 cm³/mol. The van der Waals surface area contributed by atoms with Crippen molar-refractivity contribution >= 4 is 0 Å². The Hall–Kier alpha value is -0.900. The number of aliphatic hydroxyl groups excluding tert-OH is 1. The summed E-state index contributed by atoms with van der Waals surface area (Å²) in [6, 6.07) is 0. The molecule has 1 atom stereocenters. The molecule has 0 aromatic carbocycles. The molecule has 4 fully saturated rings. The van der Waals surface area contributed by atoms with Crippen molar-refractivity contribution in [3.05, 3.63) is 11.7 Å². The predicted octanol–water partition coefficient (Wildman–Crippen LogP) is 2.59. The molecule has 5 rings (SSSR count). The first-order valence-corrected chi connectivity index (χ1v) is 7.17. The van der Waals surface area contributed by atoms with Crippen molar-refractivity contribution < 1.29 is 9.63 Å². The van der Waals surface area contributed by atoms with Gasteiger partial charge in [0.05, 0.1) is 0 Å². The molecule has 0 spiro atoms. The largest absolute Gasteiger partial charge is 0.384 e. The summed E-state index contributed by atoms with van der Waals surface area (Å²) in [4.78, 5) is 4.47. The third-order valence-corrected chi connectivity index (χ3v) is 5.31. The van der Waals surface area contributed by atoms with Crippen LogP contribution >= 0.6 is 0 Å². The van der Waals surface area contributed by atoms with E-state index in [1.165, 1.54) is 38.5 Å². The molecular weight excluding hydrogens is 228 g/mol.